The van der Waals surface area contributed by atoms with Gasteiger partial charge < -0.3 is 15.8 Å². The largest absolute Gasteiger partial charge is 0.379 e. The number of hydrogen-bond acceptors (Lipinski definition) is 3. The molecule has 0 aromatic heterocycles. The van der Waals surface area contributed by atoms with Crippen LogP contribution < -0.4 is 11.1 Å². The molecule has 116 valence electrons. The van der Waals surface area contributed by atoms with Crippen molar-refractivity contribution in [1.29, 1.82) is 0 Å². The number of nitrogens with two attached hydrogens (primary N) is 1. The number of benzene rings is 1. The number of morpholine rings is 1. The van der Waals surface area contributed by atoms with E-state index in [1.807, 2.05) is 0 Å². The summed E-state index contributed by atoms with van der Waals surface area (Å²) < 4.78 is 5.40. The fourth-order valence-corrected chi connectivity index (χ4v) is 2.35. The maximum absolute atomic E-state index is 5.85. The lowest BCUT2D eigenvalue weighted by atomic mass is 10.1. The highest BCUT2D eigenvalue weighted by atomic mass is 16.5. The van der Waals surface area contributed by atoms with Gasteiger partial charge in [0.05, 0.1) is 19.8 Å². The van der Waals surface area contributed by atoms with E-state index >= 15 is 0 Å². The maximum atomic E-state index is 5.85. The first-order chi connectivity index (χ1) is 10.3. The molecule has 1 aliphatic rings. The minimum absolute atomic E-state index is 0.526. The summed E-state index contributed by atoms with van der Waals surface area (Å²) in [7, 11) is 0. The first-order valence-corrected chi connectivity index (χ1v) is 7.70. The number of guanidine groups is 1. The van der Waals surface area contributed by atoms with Gasteiger partial charge in [-0.05, 0) is 17.5 Å². The smallest absolute Gasteiger partial charge is 0.188 e. The van der Waals surface area contributed by atoms with Crippen molar-refractivity contribution in [2.45, 2.75) is 26.4 Å². The van der Waals surface area contributed by atoms with Crippen molar-refractivity contribution < 1.29 is 4.74 Å². The standard InChI is InChI=1S/C16H26N4O/c1-2-7-18-16(17)19-12-14-5-3-4-6-15(14)13-20-8-10-21-11-9-20/h3-6H,2,7-13H2,1H3,(H3,17,18,19). The van der Waals surface area contributed by atoms with Crippen molar-refractivity contribution in [3.05, 3.63) is 35.4 Å². The molecule has 5 heteroatoms. The first kappa shape index (κ1) is 15.8. The van der Waals surface area contributed by atoms with Crippen molar-refractivity contribution in [2.75, 3.05) is 32.8 Å². The predicted molar refractivity (Wildman–Crippen MR) is 86.2 cm³/mol. The van der Waals surface area contributed by atoms with Gasteiger partial charge in [-0.2, -0.15) is 0 Å². The molecule has 0 aliphatic carbocycles. The summed E-state index contributed by atoms with van der Waals surface area (Å²) >= 11 is 0. The molecule has 0 atom stereocenters. The molecule has 0 bridgehead atoms. The van der Waals surface area contributed by atoms with Crippen LogP contribution in [0, 0.1) is 0 Å². The van der Waals surface area contributed by atoms with E-state index in [4.69, 9.17) is 10.5 Å². The number of aliphatic imine (C=N–C) groups is 1. The zero-order valence-electron chi connectivity index (χ0n) is 12.8. The monoisotopic (exact) mass is 290 g/mol. The Labute approximate surface area is 127 Å². The molecule has 0 amide bonds. The van der Waals surface area contributed by atoms with Gasteiger partial charge in [-0.15, -0.1) is 0 Å². The fourth-order valence-electron chi connectivity index (χ4n) is 2.35. The Morgan fingerprint density at radius 3 is 2.71 bits per heavy atom. The Hall–Kier alpha value is -1.59. The molecule has 0 saturated carbocycles. The van der Waals surface area contributed by atoms with Crippen LogP contribution in [0.25, 0.3) is 0 Å². The van der Waals surface area contributed by atoms with Crippen molar-refractivity contribution in [1.82, 2.24) is 10.2 Å². The van der Waals surface area contributed by atoms with Crippen LogP contribution in [0.5, 0.6) is 0 Å². The second-order valence-electron chi connectivity index (χ2n) is 5.29. The first-order valence-electron chi connectivity index (χ1n) is 7.70. The van der Waals surface area contributed by atoms with Crippen LogP contribution in [-0.4, -0.2) is 43.7 Å². The second kappa shape index (κ2) is 8.64. The van der Waals surface area contributed by atoms with E-state index in [1.54, 1.807) is 0 Å². The van der Waals surface area contributed by atoms with Gasteiger partial charge in [0.2, 0.25) is 0 Å². The summed E-state index contributed by atoms with van der Waals surface area (Å²) in [5, 5.41) is 3.10. The summed E-state index contributed by atoms with van der Waals surface area (Å²) in [5.74, 6) is 0.526. The summed E-state index contributed by atoms with van der Waals surface area (Å²) in [6.07, 6.45) is 1.05. The molecule has 3 N–H and O–H groups in total. The highest BCUT2D eigenvalue weighted by molar-refractivity contribution is 5.77. The summed E-state index contributed by atoms with van der Waals surface area (Å²) in [4.78, 5) is 6.85. The minimum Gasteiger partial charge on any atom is -0.379 e. The highest BCUT2D eigenvalue weighted by Gasteiger charge is 2.12. The van der Waals surface area contributed by atoms with E-state index in [0.717, 1.165) is 45.8 Å². The SMILES string of the molecule is CCCNC(N)=NCc1ccccc1CN1CCOCC1. The van der Waals surface area contributed by atoms with E-state index in [0.29, 0.717) is 12.5 Å². The Bertz CT molecular complexity index is 455. The van der Waals surface area contributed by atoms with Crippen LogP contribution in [0.3, 0.4) is 0 Å². The normalized spacial score (nSPS) is 16.9. The maximum Gasteiger partial charge on any atom is 0.188 e. The minimum atomic E-state index is 0.526. The Morgan fingerprint density at radius 1 is 1.29 bits per heavy atom. The molecule has 1 saturated heterocycles. The van der Waals surface area contributed by atoms with Crippen molar-refractivity contribution in [2.24, 2.45) is 10.7 Å². The van der Waals surface area contributed by atoms with E-state index in [9.17, 15) is 0 Å². The van der Waals surface area contributed by atoms with Gasteiger partial charge >= 0.3 is 0 Å². The van der Waals surface area contributed by atoms with Crippen LogP contribution in [0.4, 0.5) is 0 Å². The van der Waals surface area contributed by atoms with Gasteiger partial charge in [0.15, 0.2) is 5.96 Å². The van der Waals surface area contributed by atoms with E-state index in [1.165, 1.54) is 11.1 Å². The topological polar surface area (TPSA) is 62.9 Å². The van der Waals surface area contributed by atoms with Crippen LogP contribution in [0.2, 0.25) is 0 Å². The van der Waals surface area contributed by atoms with Gasteiger partial charge in [-0.1, -0.05) is 31.2 Å². The Kier molecular flexibility index (Phi) is 6.50. The highest BCUT2D eigenvalue weighted by Crippen LogP contribution is 2.14. The van der Waals surface area contributed by atoms with Crippen LogP contribution in [0.1, 0.15) is 24.5 Å². The van der Waals surface area contributed by atoms with Gasteiger partial charge in [0.25, 0.3) is 0 Å². The molecule has 21 heavy (non-hydrogen) atoms. The fraction of sp³-hybridized carbons (Fsp3) is 0.562. The molecule has 5 nitrogen and oxygen atoms in total. The summed E-state index contributed by atoms with van der Waals surface area (Å²) in [6.45, 7) is 8.21. The molecule has 2 rings (SSSR count). The number of hydrogen-bond donors (Lipinski definition) is 2. The second-order valence-corrected chi connectivity index (χ2v) is 5.29. The predicted octanol–water partition coefficient (Wildman–Crippen LogP) is 1.33. The third-order valence-electron chi connectivity index (χ3n) is 3.59. The van der Waals surface area contributed by atoms with Gasteiger partial charge in [-0.3, -0.25) is 4.90 Å². The Morgan fingerprint density at radius 2 is 2.00 bits per heavy atom. The van der Waals surface area contributed by atoms with E-state index in [-0.39, 0.29) is 0 Å². The lowest BCUT2D eigenvalue weighted by Crippen LogP contribution is -2.36. The van der Waals surface area contributed by atoms with Crippen LogP contribution >= 0.6 is 0 Å². The van der Waals surface area contributed by atoms with Gasteiger partial charge in [-0.25, -0.2) is 4.99 Å². The number of nitrogens with one attached hydrogen (secondary N) is 1. The molecule has 1 heterocycles. The van der Waals surface area contributed by atoms with Crippen LogP contribution in [-0.2, 0) is 17.8 Å². The Balaban J connectivity index is 1.95. The van der Waals surface area contributed by atoms with Gasteiger partial charge in [0.1, 0.15) is 0 Å². The summed E-state index contributed by atoms with van der Waals surface area (Å²) in [5.41, 5.74) is 8.42. The molecule has 1 aliphatic heterocycles. The summed E-state index contributed by atoms with van der Waals surface area (Å²) in [6, 6.07) is 8.45. The zero-order valence-corrected chi connectivity index (χ0v) is 12.8. The number of ether oxygens (including phenoxy) is 1. The average molecular weight is 290 g/mol. The average Bonchev–Trinajstić information content (AvgIpc) is 2.53. The zero-order chi connectivity index (χ0) is 14.9. The molecule has 0 unspecified atom stereocenters. The van der Waals surface area contributed by atoms with Gasteiger partial charge in [0, 0.05) is 26.2 Å². The molecule has 0 radical (unpaired) electrons. The molecular weight excluding hydrogens is 264 g/mol. The van der Waals surface area contributed by atoms with E-state index in [2.05, 4.69) is 46.4 Å². The lowest BCUT2D eigenvalue weighted by Gasteiger charge is -2.27. The van der Waals surface area contributed by atoms with E-state index < -0.39 is 0 Å². The van der Waals surface area contributed by atoms with Crippen molar-refractivity contribution in [3.63, 3.8) is 0 Å². The van der Waals surface area contributed by atoms with Crippen molar-refractivity contribution >= 4 is 5.96 Å². The van der Waals surface area contributed by atoms with Crippen LogP contribution in [0.15, 0.2) is 29.3 Å². The number of nitrogens with zero attached hydrogens (tertiary/aromatic N) is 2. The number of rotatable bonds is 6. The third-order valence-corrected chi connectivity index (χ3v) is 3.59. The third kappa shape index (κ3) is 5.36. The molecule has 1 fully saturated rings. The quantitative estimate of drug-likeness (QED) is 0.613. The van der Waals surface area contributed by atoms with Crippen molar-refractivity contribution in [3.8, 4) is 0 Å². The molecule has 1 aromatic rings. The molecular formula is C16H26N4O. The molecule has 0 spiro atoms. The lowest BCUT2D eigenvalue weighted by molar-refractivity contribution is 0.0341. The molecule has 1 aromatic carbocycles.